The van der Waals surface area contributed by atoms with E-state index < -0.39 is 0 Å². The maximum absolute atomic E-state index is 12.1. The molecule has 0 N–H and O–H groups in total. The molecule has 1 aliphatic heterocycles. The Bertz CT molecular complexity index is 454. The number of ketones is 1. The summed E-state index contributed by atoms with van der Waals surface area (Å²) in [6.07, 6.45) is 3.24. The molecule has 1 aliphatic rings. The average molecular weight is 302 g/mol. The highest BCUT2D eigenvalue weighted by Gasteiger charge is 2.16. The lowest BCUT2D eigenvalue weighted by atomic mass is 10.00. The number of carbonyl (C=O) groups excluding carboxylic acids is 1. The highest BCUT2D eigenvalue weighted by atomic mass is 79.9. The minimum absolute atomic E-state index is 0.0112. The van der Waals surface area contributed by atoms with Crippen molar-refractivity contribution >= 4 is 33.3 Å². The topological polar surface area (TPSA) is 26.3 Å². The number of Topliss-reactive ketones (excluding diaryl/α,β-unsaturated/α-hetero) is 1. The minimum atomic E-state index is 0.0112. The van der Waals surface area contributed by atoms with Gasteiger partial charge < -0.3 is 4.74 Å². The largest absolute Gasteiger partial charge is 0.501 e. The van der Waals surface area contributed by atoms with Crippen molar-refractivity contribution < 1.29 is 9.53 Å². The number of rotatable bonds is 2. The summed E-state index contributed by atoms with van der Waals surface area (Å²) >= 11 is 9.18. The number of hydrogen-bond acceptors (Lipinski definition) is 2. The fraction of sp³-hybridized carbons (Fsp3) is 0.250. The molecule has 1 heterocycles. The zero-order valence-electron chi connectivity index (χ0n) is 8.50. The van der Waals surface area contributed by atoms with Gasteiger partial charge in [0.05, 0.1) is 17.9 Å². The number of halogens is 2. The van der Waals surface area contributed by atoms with Gasteiger partial charge in [-0.25, -0.2) is 0 Å². The molecule has 0 spiro atoms. The third kappa shape index (κ3) is 2.47. The van der Waals surface area contributed by atoms with Crippen LogP contribution < -0.4 is 0 Å². The molecule has 2 nitrogen and oxygen atoms in total. The SMILES string of the molecule is O=C(C1=COCCC1)c1ccc(Cl)c(Br)c1. The Morgan fingerprint density at radius 2 is 2.25 bits per heavy atom. The lowest BCUT2D eigenvalue weighted by Crippen LogP contribution is -2.09. The molecular weight excluding hydrogens is 291 g/mol. The van der Waals surface area contributed by atoms with Crippen molar-refractivity contribution in [2.75, 3.05) is 6.61 Å². The Morgan fingerprint density at radius 3 is 2.88 bits per heavy atom. The van der Waals surface area contributed by atoms with Crippen molar-refractivity contribution in [3.05, 3.63) is 45.1 Å². The smallest absolute Gasteiger partial charge is 0.192 e. The summed E-state index contributed by atoms with van der Waals surface area (Å²) in [6.45, 7) is 0.696. The van der Waals surface area contributed by atoms with Crippen LogP contribution in [-0.2, 0) is 4.74 Å². The monoisotopic (exact) mass is 300 g/mol. The van der Waals surface area contributed by atoms with Gasteiger partial charge >= 0.3 is 0 Å². The van der Waals surface area contributed by atoms with Crippen LogP contribution in [-0.4, -0.2) is 12.4 Å². The van der Waals surface area contributed by atoms with E-state index in [0.717, 1.165) is 22.9 Å². The molecule has 0 bridgehead atoms. The van der Waals surface area contributed by atoms with E-state index in [1.807, 2.05) is 0 Å². The standard InChI is InChI=1S/C12H10BrClO2/c13-10-6-8(3-4-11(10)14)12(15)9-2-1-5-16-7-9/h3-4,6-7H,1-2,5H2. The van der Waals surface area contributed by atoms with E-state index in [-0.39, 0.29) is 5.78 Å². The van der Waals surface area contributed by atoms with Crippen LogP contribution in [0.15, 0.2) is 34.5 Å². The maximum Gasteiger partial charge on any atom is 0.192 e. The van der Waals surface area contributed by atoms with Gasteiger partial charge in [-0.1, -0.05) is 11.6 Å². The van der Waals surface area contributed by atoms with Gasteiger partial charge in [-0.05, 0) is 47.0 Å². The predicted molar refractivity (Wildman–Crippen MR) is 66.8 cm³/mol. The van der Waals surface area contributed by atoms with E-state index in [1.54, 1.807) is 24.5 Å². The summed E-state index contributed by atoms with van der Waals surface area (Å²) < 4.78 is 5.89. The molecule has 84 valence electrons. The Labute approximate surface area is 107 Å². The first-order valence-electron chi connectivity index (χ1n) is 4.99. The zero-order valence-corrected chi connectivity index (χ0v) is 10.8. The van der Waals surface area contributed by atoms with Crippen molar-refractivity contribution in [1.29, 1.82) is 0 Å². The first-order valence-corrected chi connectivity index (χ1v) is 6.16. The maximum atomic E-state index is 12.1. The molecule has 0 radical (unpaired) electrons. The van der Waals surface area contributed by atoms with Crippen molar-refractivity contribution in [1.82, 2.24) is 0 Å². The van der Waals surface area contributed by atoms with Crippen molar-refractivity contribution in [3.63, 3.8) is 0 Å². The third-order valence-corrected chi connectivity index (χ3v) is 3.62. The van der Waals surface area contributed by atoms with Gasteiger partial charge in [0.25, 0.3) is 0 Å². The van der Waals surface area contributed by atoms with E-state index >= 15 is 0 Å². The number of hydrogen-bond donors (Lipinski definition) is 0. The Hall–Kier alpha value is -0.800. The summed E-state index contributed by atoms with van der Waals surface area (Å²) in [6, 6.07) is 5.17. The summed E-state index contributed by atoms with van der Waals surface area (Å²) in [4.78, 5) is 12.1. The summed E-state index contributed by atoms with van der Waals surface area (Å²) in [7, 11) is 0. The molecule has 0 fully saturated rings. The molecule has 0 aliphatic carbocycles. The van der Waals surface area contributed by atoms with E-state index in [0.29, 0.717) is 17.2 Å². The van der Waals surface area contributed by atoms with Crippen molar-refractivity contribution in [2.24, 2.45) is 0 Å². The summed E-state index contributed by atoms with van der Waals surface area (Å²) in [5.41, 5.74) is 1.36. The number of benzene rings is 1. The van der Waals surface area contributed by atoms with Gasteiger partial charge in [-0.15, -0.1) is 0 Å². The van der Waals surface area contributed by atoms with Gasteiger partial charge in [0.1, 0.15) is 0 Å². The van der Waals surface area contributed by atoms with Gasteiger partial charge in [-0.2, -0.15) is 0 Å². The summed E-state index contributed by atoms with van der Waals surface area (Å²) in [5, 5.41) is 0.602. The first kappa shape index (κ1) is 11.7. The second-order valence-electron chi connectivity index (χ2n) is 3.58. The first-order chi connectivity index (χ1) is 7.68. The molecular formula is C12H10BrClO2. The van der Waals surface area contributed by atoms with Crippen molar-refractivity contribution in [3.8, 4) is 0 Å². The van der Waals surface area contributed by atoms with Crippen LogP contribution in [0.25, 0.3) is 0 Å². The molecule has 0 unspecified atom stereocenters. The fourth-order valence-corrected chi connectivity index (χ4v) is 2.05. The number of allylic oxidation sites excluding steroid dienone is 1. The highest BCUT2D eigenvalue weighted by molar-refractivity contribution is 9.10. The second kappa shape index (κ2) is 5.02. The minimum Gasteiger partial charge on any atom is -0.501 e. The van der Waals surface area contributed by atoms with E-state index in [2.05, 4.69) is 15.9 Å². The normalized spacial score (nSPS) is 15.2. The van der Waals surface area contributed by atoms with Crippen LogP contribution in [0.4, 0.5) is 0 Å². The molecule has 2 rings (SSSR count). The highest BCUT2D eigenvalue weighted by Crippen LogP contribution is 2.25. The lowest BCUT2D eigenvalue weighted by molar-refractivity contribution is 0.101. The van der Waals surface area contributed by atoms with Gasteiger partial charge in [0, 0.05) is 15.6 Å². The quantitative estimate of drug-likeness (QED) is 0.772. The fourth-order valence-electron chi connectivity index (χ4n) is 1.55. The lowest BCUT2D eigenvalue weighted by Gasteiger charge is -2.12. The molecule has 0 saturated heterocycles. The molecule has 1 aromatic carbocycles. The molecule has 4 heteroatoms. The van der Waals surface area contributed by atoms with Crippen LogP contribution in [0.3, 0.4) is 0 Å². The third-order valence-electron chi connectivity index (χ3n) is 2.41. The molecule has 16 heavy (non-hydrogen) atoms. The molecule has 0 saturated carbocycles. The van der Waals surface area contributed by atoms with Crippen LogP contribution >= 0.6 is 27.5 Å². The molecule has 0 aromatic heterocycles. The molecule has 0 amide bonds. The Balaban J connectivity index is 2.26. The predicted octanol–water partition coefficient (Wildman–Crippen LogP) is 3.98. The molecule has 1 aromatic rings. The number of ether oxygens (including phenoxy) is 1. The number of carbonyl (C=O) groups is 1. The van der Waals surface area contributed by atoms with Gasteiger partial charge in [0.15, 0.2) is 5.78 Å². The van der Waals surface area contributed by atoms with E-state index in [1.165, 1.54) is 0 Å². The van der Waals surface area contributed by atoms with Gasteiger partial charge in [-0.3, -0.25) is 4.79 Å². The molecule has 0 atom stereocenters. The van der Waals surface area contributed by atoms with E-state index in [9.17, 15) is 4.79 Å². The van der Waals surface area contributed by atoms with E-state index in [4.69, 9.17) is 16.3 Å². The summed E-state index contributed by atoms with van der Waals surface area (Å²) in [5.74, 6) is 0.0112. The zero-order chi connectivity index (χ0) is 11.5. The second-order valence-corrected chi connectivity index (χ2v) is 4.84. The average Bonchev–Trinajstić information content (AvgIpc) is 2.33. The van der Waals surface area contributed by atoms with Crippen LogP contribution in [0.1, 0.15) is 23.2 Å². The van der Waals surface area contributed by atoms with Crippen LogP contribution in [0.5, 0.6) is 0 Å². The Morgan fingerprint density at radius 1 is 1.44 bits per heavy atom. The van der Waals surface area contributed by atoms with Crippen LogP contribution in [0, 0.1) is 0 Å². The van der Waals surface area contributed by atoms with Crippen LogP contribution in [0.2, 0.25) is 5.02 Å². The van der Waals surface area contributed by atoms with Crippen molar-refractivity contribution in [2.45, 2.75) is 12.8 Å². The Kier molecular flexibility index (Phi) is 3.66. The van der Waals surface area contributed by atoms with Gasteiger partial charge in [0.2, 0.25) is 0 Å².